The van der Waals surface area contributed by atoms with E-state index in [0.29, 0.717) is 19.5 Å². The first-order chi connectivity index (χ1) is 11.0. The topological polar surface area (TPSA) is 33.5 Å². The van der Waals surface area contributed by atoms with Crippen LogP contribution >= 0.6 is 0 Å². The molecule has 0 N–H and O–H groups in total. The van der Waals surface area contributed by atoms with E-state index in [1.807, 2.05) is 19.1 Å². The van der Waals surface area contributed by atoms with Crippen molar-refractivity contribution < 1.29 is 18.0 Å². The van der Waals surface area contributed by atoms with E-state index in [-0.39, 0.29) is 17.3 Å². The van der Waals surface area contributed by atoms with Gasteiger partial charge in [-0.2, -0.15) is 0 Å². The minimum atomic E-state index is -0.657. The van der Waals surface area contributed by atoms with Gasteiger partial charge in [0.2, 0.25) is 0 Å². The third kappa shape index (κ3) is 3.67. The smallest absolute Gasteiger partial charge is 0.170 e. The van der Waals surface area contributed by atoms with Crippen LogP contribution in [0.3, 0.4) is 0 Å². The molecule has 1 saturated heterocycles. The lowest BCUT2D eigenvalue weighted by Gasteiger charge is -2.31. The van der Waals surface area contributed by atoms with Crippen molar-refractivity contribution in [3.8, 4) is 0 Å². The average molecular weight is 319 g/mol. The summed E-state index contributed by atoms with van der Waals surface area (Å²) in [6.07, 6.45) is 1.55. The molecule has 1 aliphatic rings. The molecule has 1 atom stereocenters. The molecule has 0 radical (unpaired) electrons. The molecular weight excluding hydrogens is 300 g/mol. The monoisotopic (exact) mass is 319 g/mol. The number of nitrogens with zero attached hydrogens (tertiary/aromatic N) is 1. The number of carbonyl (C=O) groups is 1. The van der Waals surface area contributed by atoms with Gasteiger partial charge in [0.25, 0.3) is 0 Å². The van der Waals surface area contributed by atoms with Crippen LogP contribution in [0.1, 0.15) is 34.7 Å². The lowest BCUT2D eigenvalue weighted by Crippen LogP contribution is -2.38. The highest BCUT2D eigenvalue weighted by atomic mass is 19.1. The Morgan fingerprint density at radius 1 is 1.30 bits per heavy atom. The van der Waals surface area contributed by atoms with Crippen LogP contribution in [0, 0.1) is 24.5 Å². The highest BCUT2D eigenvalue weighted by molar-refractivity contribution is 5.98. The summed E-state index contributed by atoms with van der Waals surface area (Å²) in [7, 11) is 0. The van der Waals surface area contributed by atoms with E-state index in [4.69, 9.17) is 4.42 Å². The van der Waals surface area contributed by atoms with Crippen molar-refractivity contribution in [3.05, 3.63) is 59.1 Å². The maximum Gasteiger partial charge on any atom is 0.170 e. The quantitative estimate of drug-likeness (QED) is 0.800. The second kappa shape index (κ2) is 6.62. The summed E-state index contributed by atoms with van der Waals surface area (Å²) in [6, 6.07) is 6.86. The molecule has 0 bridgehead atoms. The molecule has 3 nitrogen and oxygen atoms in total. The van der Waals surface area contributed by atoms with Crippen molar-refractivity contribution in [2.75, 3.05) is 13.1 Å². The molecule has 1 aromatic heterocycles. The molecule has 1 aliphatic heterocycles. The lowest BCUT2D eigenvalue weighted by atomic mass is 9.89. The molecule has 23 heavy (non-hydrogen) atoms. The first kappa shape index (κ1) is 15.9. The third-order valence-electron chi connectivity index (χ3n) is 4.25. The van der Waals surface area contributed by atoms with Gasteiger partial charge in [-0.05, 0) is 56.6 Å². The number of hydrogen-bond donors (Lipinski definition) is 0. The maximum atomic E-state index is 13.8. The van der Waals surface area contributed by atoms with E-state index >= 15 is 0 Å². The van der Waals surface area contributed by atoms with E-state index in [1.54, 1.807) is 0 Å². The van der Waals surface area contributed by atoms with E-state index in [9.17, 15) is 13.6 Å². The fraction of sp³-hybridized carbons (Fsp3) is 0.389. The van der Waals surface area contributed by atoms with Crippen LogP contribution < -0.4 is 0 Å². The molecular formula is C18H19F2NO2. The molecule has 5 heteroatoms. The number of rotatable bonds is 4. The number of furan rings is 1. The van der Waals surface area contributed by atoms with Crippen LogP contribution in [0.25, 0.3) is 0 Å². The molecule has 2 heterocycles. The molecule has 0 saturated carbocycles. The largest absolute Gasteiger partial charge is 0.465 e. The van der Waals surface area contributed by atoms with E-state index in [0.717, 1.165) is 42.7 Å². The summed E-state index contributed by atoms with van der Waals surface area (Å²) in [5.74, 6) is -0.166. The second-order valence-electron chi connectivity index (χ2n) is 6.08. The Hall–Kier alpha value is -2.01. The highest BCUT2D eigenvalue weighted by Crippen LogP contribution is 2.24. The predicted molar refractivity (Wildman–Crippen MR) is 82.1 cm³/mol. The summed E-state index contributed by atoms with van der Waals surface area (Å²) >= 11 is 0. The molecule has 2 aromatic rings. The van der Waals surface area contributed by atoms with Crippen molar-refractivity contribution in [2.45, 2.75) is 26.3 Å². The van der Waals surface area contributed by atoms with Gasteiger partial charge in [0.05, 0.1) is 12.1 Å². The zero-order chi connectivity index (χ0) is 16.4. The summed E-state index contributed by atoms with van der Waals surface area (Å²) < 4.78 is 32.7. The summed E-state index contributed by atoms with van der Waals surface area (Å²) in [5, 5.41) is 0. The zero-order valence-corrected chi connectivity index (χ0v) is 13.0. The number of benzene rings is 1. The van der Waals surface area contributed by atoms with E-state index in [1.165, 1.54) is 0 Å². The van der Waals surface area contributed by atoms with Gasteiger partial charge in [-0.1, -0.05) is 0 Å². The van der Waals surface area contributed by atoms with Crippen LogP contribution in [-0.4, -0.2) is 23.8 Å². The summed E-state index contributed by atoms with van der Waals surface area (Å²) in [5.41, 5.74) is -0.148. The zero-order valence-electron chi connectivity index (χ0n) is 13.0. The number of halogens is 2. The Morgan fingerprint density at radius 2 is 2.13 bits per heavy atom. The molecule has 0 aliphatic carbocycles. The van der Waals surface area contributed by atoms with Crippen LogP contribution in [-0.2, 0) is 6.54 Å². The van der Waals surface area contributed by atoms with Crippen LogP contribution in [0.4, 0.5) is 8.78 Å². The van der Waals surface area contributed by atoms with Gasteiger partial charge >= 0.3 is 0 Å². The fourth-order valence-corrected chi connectivity index (χ4v) is 3.11. The number of piperidine rings is 1. The normalized spacial score (nSPS) is 19.0. The minimum Gasteiger partial charge on any atom is -0.465 e. The van der Waals surface area contributed by atoms with Crippen molar-refractivity contribution in [1.29, 1.82) is 0 Å². The third-order valence-corrected chi connectivity index (χ3v) is 4.25. The number of aryl methyl sites for hydroxylation is 1. The number of carbonyl (C=O) groups excluding carboxylic acids is 1. The number of ketones is 1. The Labute approximate surface area is 133 Å². The SMILES string of the molecule is Cc1ccc(CN2CCCC(C(=O)c3cc(F)ccc3F)C2)o1. The van der Waals surface area contributed by atoms with Gasteiger partial charge in [0.1, 0.15) is 23.2 Å². The van der Waals surface area contributed by atoms with Gasteiger partial charge in [0.15, 0.2) is 5.78 Å². The molecule has 122 valence electrons. The Bertz CT molecular complexity index is 711. The van der Waals surface area contributed by atoms with Gasteiger partial charge < -0.3 is 4.42 Å². The van der Waals surface area contributed by atoms with Crippen molar-refractivity contribution in [2.24, 2.45) is 5.92 Å². The molecule has 1 aromatic carbocycles. The Morgan fingerprint density at radius 3 is 2.87 bits per heavy atom. The minimum absolute atomic E-state index is 0.148. The lowest BCUT2D eigenvalue weighted by molar-refractivity contribution is 0.0797. The van der Waals surface area contributed by atoms with Crippen LogP contribution in [0.15, 0.2) is 34.7 Å². The number of likely N-dealkylation sites (tertiary alicyclic amines) is 1. The maximum absolute atomic E-state index is 13.8. The number of hydrogen-bond acceptors (Lipinski definition) is 3. The molecule has 1 unspecified atom stereocenters. The Kier molecular flexibility index (Phi) is 4.57. The molecule has 0 amide bonds. The van der Waals surface area contributed by atoms with Gasteiger partial charge in [-0.3, -0.25) is 9.69 Å². The van der Waals surface area contributed by atoms with Crippen molar-refractivity contribution in [1.82, 2.24) is 4.90 Å². The predicted octanol–water partition coefficient (Wildman–Crippen LogP) is 3.96. The van der Waals surface area contributed by atoms with Crippen LogP contribution in [0.2, 0.25) is 0 Å². The van der Waals surface area contributed by atoms with Gasteiger partial charge in [0, 0.05) is 12.5 Å². The Balaban J connectivity index is 1.70. The summed E-state index contributed by atoms with van der Waals surface area (Å²) in [4.78, 5) is 14.6. The summed E-state index contributed by atoms with van der Waals surface area (Å²) in [6.45, 7) is 3.92. The fourth-order valence-electron chi connectivity index (χ4n) is 3.11. The first-order valence-electron chi connectivity index (χ1n) is 7.80. The van der Waals surface area contributed by atoms with E-state index in [2.05, 4.69) is 4.90 Å². The second-order valence-corrected chi connectivity index (χ2v) is 6.08. The number of Topliss-reactive ketones (excluding diaryl/α,β-unsaturated/α-hetero) is 1. The standard InChI is InChI=1S/C18H19F2NO2/c1-12-4-6-15(23-12)11-21-8-2-3-13(10-21)18(22)16-9-14(19)5-7-17(16)20/h4-7,9,13H,2-3,8,10-11H2,1H3. The van der Waals surface area contributed by atoms with E-state index < -0.39 is 11.6 Å². The van der Waals surface area contributed by atoms with Crippen LogP contribution in [0.5, 0.6) is 0 Å². The average Bonchev–Trinajstić information content (AvgIpc) is 2.94. The highest BCUT2D eigenvalue weighted by Gasteiger charge is 2.28. The molecule has 1 fully saturated rings. The molecule has 3 rings (SSSR count). The van der Waals surface area contributed by atoms with Gasteiger partial charge in [-0.25, -0.2) is 8.78 Å². The van der Waals surface area contributed by atoms with Crippen molar-refractivity contribution in [3.63, 3.8) is 0 Å². The van der Waals surface area contributed by atoms with Crippen molar-refractivity contribution >= 4 is 5.78 Å². The first-order valence-corrected chi connectivity index (χ1v) is 7.80. The van der Waals surface area contributed by atoms with Gasteiger partial charge in [-0.15, -0.1) is 0 Å². The molecule has 0 spiro atoms.